The van der Waals surface area contributed by atoms with E-state index in [0.717, 1.165) is 16.5 Å². The van der Waals surface area contributed by atoms with Crippen LogP contribution in [0.5, 0.6) is 0 Å². The number of halogens is 2. The third-order valence-corrected chi connectivity index (χ3v) is 4.19. The summed E-state index contributed by atoms with van der Waals surface area (Å²) in [5, 5.41) is 9.47. The van der Waals surface area contributed by atoms with Crippen molar-refractivity contribution in [1.82, 2.24) is 15.1 Å². The van der Waals surface area contributed by atoms with Crippen molar-refractivity contribution in [1.29, 1.82) is 0 Å². The van der Waals surface area contributed by atoms with Crippen molar-refractivity contribution in [3.8, 4) is 0 Å². The first-order valence-corrected chi connectivity index (χ1v) is 8.00. The summed E-state index contributed by atoms with van der Waals surface area (Å²) >= 11 is 12.0. The average Bonchev–Trinajstić information content (AvgIpc) is 2.94. The Labute approximate surface area is 144 Å². The summed E-state index contributed by atoms with van der Waals surface area (Å²) < 4.78 is 1.81. The monoisotopic (exact) mass is 347 g/mol. The Balaban J connectivity index is 1.57. The van der Waals surface area contributed by atoms with Crippen molar-refractivity contribution in [2.75, 3.05) is 0 Å². The van der Waals surface area contributed by atoms with Crippen LogP contribution in [0.25, 0.3) is 10.9 Å². The molecular formula is C17H15Cl2N3O. The van der Waals surface area contributed by atoms with Crippen LogP contribution in [-0.2, 0) is 17.9 Å². The Kier molecular flexibility index (Phi) is 4.84. The predicted molar refractivity (Wildman–Crippen MR) is 92.7 cm³/mol. The van der Waals surface area contributed by atoms with E-state index in [0.29, 0.717) is 29.6 Å². The van der Waals surface area contributed by atoms with Crippen LogP contribution in [0, 0.1) is 0 Å². The molecule has 0 saturated heterocycles. The molecule has 1 N–H and O–H groups in total. The Hall–Kier alpha value is -2.04. The SMILES string of the molecule is O=C(CCn1ncc2cc(Cl)ccc21)NCc1ccccc1Cl. The highest BCUT2D eigenvalue weighted by Gasteiger charge is 2.07. The molecule has 0 aliphatic rings. The number of aromatic nitrogens is 2. The van der Waals surface area contributed by atoms with Gasteiger partial charge in [-0.25, -0.2) is 0 Å². The average molecular weight is 348 g/mol. The van der Waals surface area contributed by atoms with Crippen LogP contribution in [0.15, 0.2) is 48.7 Å². The molecule has 4 nitrogen and oxygen atoms in total. The lowest BCUT2D eigenvalue weighted by molar-refractivity contribution is -0.121. The lowest BCUT2D eigenvalue weighted by Gasteiger charge is -2.07. The van der Waals surface area contributed by atoms with E-state index in [1.165, 1.54) is 0 Å². The number of nitrogens with one attached hydrogen (secondary N) is 1. The van der Waals surface area contributed by atoms with Crippen LogP contribution in [-0.4, -0.2) is 15.7 Å². The van der Waals surface area contributed by atoms with Crippen molar-refractivity contribution >= 4 is 40.0 Å². The third kappa shape index (κ3) is 3.84. The van der Waals surface area contributed by atoms with E-state index < -0.39 is 0 Å². The second kappa shape index (κ2) is 7.02. The molecule has 118 valence electrons. The fourth-order valence-electron chi connectivity index (χ4n) is 2.37. The molecule has 1 amide bonds. The normalized spacial score (nSPS) is 10.9. The molecule has 0 saturated carbocycles. The second-order valence-electron chi connectivity index (χ2n) is 5.19. The zero-order chi connectivity index (χ0) is 16.2. The number of carbonyl (C=O) groups is 1. The van der Waals surface area contributed by atoms with Crippen molar-refractivity contribution < 1.29 is 4.79 Å². The number of fused-ring (bicyclic) bond motifs is 1. The zero-order valence-electron chi connectivity index (χ0n) is 12.3. The molecule has 2 aromatic carbocycles. The highest BCUT2D eigenvalue weighted by Crippen LogP contribution is 2.19. The summed E-state index contributed by atoms with van der Waals surface area (Å²) in [5.41, 5.74) is 1.87. The van der Waals surface area contributed by atoms with Gasteiger partial charge >= 0.3 is 0 Å². The number of rotatable bonds is 5. The van der Waals surface area contributed by atoms with E-state index in [1.807, 2.05) is 42.5 Å². The largest absolute Gasteiger partial charge is 0.352 e. The molecule has 0 aliphatic heterocycles. The lowest BCUT2D eigenvalue weighted by Crippen LogP contribution is -2.24. The van der Waals surface area contributed by atoms with E-state index in [9.17, 15) is 4.79 Å². The predicted octanol–water partition coefficient (Wildman–Crippen LogP) is 4.05. The van der Waals surface area contributed by atoms with Gasteiger partial charge in [-0.1, -0.05) is 41.4 Å². The molecule has 0 radical (unpaired) electrons. The Morgan fingerprint density at radius 2 is 2.00 bits per heavy atom. The van der Waals surface area contributed by atoms with E-state index in [2.05, 4.69) is 10.4 Å². The topological polar surface area (TPSA) is 46.9 Å². The third-order valence-electron chi connectivity index (χ3n) is 3.59. The van der Waals surface area contributed by atoms with Crippen LogP contribution >= 0.6 is 23.2 Å². The molecule has 0 unspecified atom stereocenters. The van der Waals surface area contributed by atoms with Crippen LogP contribution in [0.3, 0.4) is 0 Å². The van der Waals surface area contributed by atoms with Crippen LogP contribution in [0.1, 0.15) is 12.0 Å². The van der Waals surface area contributed by atoms with Crippen molar-refractivity contribution in [2.45, 2.75) is 19.5 Å². The first-order valence-electron chi connectivity index (χ1n) is 7.24. The van der Waals surface area contributed by atoms with Gasteiger partial charge in [-0.3, -0.25) is 9.48 Å². The molecule has 3 rings (SSSR count). The van der Waals surface area contributed by atoms with Gasteiger partial charge in [-0.2, -0.15) is 5.10 Å². The summed E-state index contributed by atoms with van der Waals surface area (Å²) in [6.07, 6.45) is 2.10. The second-order valence-corrected chi connectivity index (χ2v) is 6.03. The first-order chi connectivity index (χ1) is 11.1. The molecule has 23 heavy (non-hydrogen) atoms. The Morgan fingerprint density at radius 3 is 2.83 bits per heavy atom. The summed E-state index contributed by atoms with van der Waals surface area (Å²) in [6.45, 7) is 0.938. The number of benzene rings is 2. The molecule has 3 aromatic rings. The fraction of sp³-hybridized carbons (Fsp3) is 0.176. The van der Waals surface area contributed by atoms with E-state index in [4.69, 9.17) is 23.2 Å². The van der Waals surface area contributed by atoms with Crippen LogP contribution in [0.2, 0.25) is 10.0 Å². The van der Waals surface area contributed by atoms with E-state index in [-0.39, 0.29) is 5.91 Å². The summed E-state index contributed by atoms with van der Waals surface area (Å²) in [5.74, 6) is -0.0393. The van der Waals surface area contributed by atoms with Gasteiger partial charge in [0.05, 0.1) is 18.3 Å². The number of carbonyl (C=O) groups excluding carboxylic acids is 1. The summed E-state index contributed by atoms with van der Waals surface area (Å²) in [6, 6.07) is 13.1. The van der Waals surface area contributed by atoms with Gasteiger partial charge in [0.2, 0.25) is 5.91 Å². The molecular weight excluding hydrogens is 333 g/mol. The fourth-order valence-corrected chi connectivity index (χ4v) is 2.75. The van der Waals surface area contributed by atoms with Crippen LogP contribution in [0.4, 0.5) is 0 Å². The van der Waals surface area contributed by atoms with E-state index in [1.54, 1.807) is 10.9 Å². The number of hydrogen-bond donors (Lipinski definition) is 1. The molecule has 6 heteroatoms. The minimum absolute atomic E-state index is 0.0393. The minimum atomic E-state index is -0.0393. The van der Waals surface area contributed by atoms with Gasteiger partial charge in [0.15, 0.2) is 0 Å². The Morgan fingerprint density at radius 1 is 1.17 bits per heavy atom. The van der Waals surface area contributed by atoms with Gasteiger partial charge in [-0.05, 0) is 29.8 Å². The van der Waals surface area contributed by atoms with Crippen molar-refractivity contribution in [3.05, 3.63) is 64.3 Å². The number of hydrogen-bond acceptors (Lipinski definition) is 2. The summed E-state index contributed by atoms with van der Waals surface area (Å²) in [4.78, 5) is 12.0. The lowest BCUT2D eigenvalue weighted by atomic mass is 10.2. The molecule has 0 spiro atoms. The molecule has 0 fully saturated rings. The van der Waals surface area contributed by atoms with Gasteiger partial charge in [0, 0.05) is 28.4 Å². The summed E-state index contributed by atoms with van der Waals surface area (Å²) in [7, 11) is 0. The maximum Gasteiger partial charge on any atom is 0.222 e. The number of amides is 1. The van der Waals surface area contributed by atoms with Crippen molar-refractivity contribution in [3.63, 3.8) is 0 Å². The zero-order valence-corrected chi connectivity index (χ0v) is 13.8. The van der Waals surface area contributed by atoms with E-state index >= 15 is 0 Å². The van der Waals surface area contributed by atoms with Crippen molar-refractivity contribution in [2.24, 2.45) is 0 Å². The standard InChI is InChI=1S/C17H15Cl2N3O/c18-14-5-6-16-13(9-14)11-21-22(16)8-7-17(23)20-10-12-3-1-2-4-15(12)19/h1-6,9,11H,7-8,10H2,(H,20,23). The quantitative estimate of drug-likeness (QED) is 0.756. The maximum atomic E-state index is 12.0. The molecule has 1 aromatic heterocycles. The number of aryl methyl sites for hydroxylation is 1. The Bertz CT molecular complexity index is 845. The van der Waals surface area contributed by atoms with Gasteiger partial charge in [-0.15, -0.1) is 0 Å². The van der Waals surface area contributed by atoms with Gasteiger partial charge in [0.25, 0.3) is 0 Å². The highest BCUT2D eigenvalue weighted by molar-refractivity contribution is 6.31. The minimum Gasteiger partial charge on any atom is -0.352 e. The molecule has 0 bridgehead atoms. The maximum absolute atomic E-state index is 12.0. The first kappa shape index (κ1) is 15.8. The highest BCUT2D eigenvalue weighted by atomic mass is 35.5. The van der Waals surface area contributed by atoms with Gasteiger partial charge in [0.1, 0.15) is 0 Å². The molecule has 0 atom stereocenters. The number of nitrogens with zero attached hydrogens (tertiary/aromatic N) is 2. The smallest absolute Gasteiger partial charge is 0.222 e. The molecule has 0 aliphatic carbocycles. The van der Waals surface area contributed by atoms with Gasteiger partial charge < -0.3 is 5.32 Å². The molecule has 1 heterocycles. The van der Waals surface area contributed by atoms with Crippen LogP contribution < -0.4 is 5.32 Å².